The summed E-state index contributed by atoms with van der Waals surface area (Å²) < 4.78 is 4.91. The molecular formula is C33H36N4O5. The van der Waals surface area contributed by atoms with E-state index in [-0.39, 0.29) is 24.4 Å². The van der Waals surface area contributed by atoms with Gasteiger partial charge in [0, 0.05) is 54.8 Å². The highest BCUT2D eigenvalue weighted by molar-refractivity contribution is 6.22. The number of ether oxygens (including phenoxy) is 1. The maximum absolute atomic E-state index is 13.3. The van der Waals surface area contributed by atoms with Crippen LogP contribution in [0.25, 0.3) is 10.9 Å². The number of fused-ring (bicyclic) bond motifs is 1. The van der Waals surface area contributed by atoms with Crippen LogP contribution in [0, 0.1) is 6.92 Å². The summed E-state index contributed by atoms with van der Waals surface area (Å²) >= 11 is 0. The van der Waals surface area contributed by atoms with Crippen LogP contribution in [0.4, 0.5) is 5.69 Å². The van der Waals surface area contributed by atoms with Gasteiger partial charge in [0.05, 0.1) is 36.2 Å². The topological polar surface area (TPSA) is 118 Å². The van der Waals surface area contributed by atoms with E-state index in [0.717, 1.165) is 36.9 Å². The molecule has 1 aliphatic rings. The highest BCUT2D eigenvalue weighted by atomic mass is 16.5. The fourth-order valence-electron chi connectivity index (χ4n) is 5.61. The Morgan fingerprint density at radius 3 is 2.38 bits per heavy atom. The number of aromatic amines is 1. The number of aliphatic hydroxyl groups excluding tert-OH is 1. The highest BCUT2D eigenvalue weighted by Gasteiger charge is 2.26. The van der Waals surface area contributed by atoms with E-state index in [1.807, 2.05) is 55.3 Å². The van der Waals surface area contributed by atoms with Crippen molar-refractivity contribution in [3.05, 3.63) is 94.5 Å². The molecular weight excluding hydrogens is 532 g/mol. The van der Waals surface area contributed by atoms with Crippen LogP contribution in [0.2, 0.25) is 0 Å². The van der Waals surface area contributed by atoms with Gasteiger partial charge in [-0.1, -0.05) is 30.3 Å². The average Bonchev–Trinajstić information content (AvgIpc) is 3.33. The number of aromatic nitrogens is 1. The molecule has 0 radical (unpaired) electrons. The molecule has 1 aliphatic heterocycles. The van der Waals surface area contributed by atoms with Gasteiger partial charge >= 0.3 is 5.97 Å². The quantitative estimate of drug-likeness (QED) is 0.210. The van der Waals surface area contributed by atoms with Crippen molar-refractivity contribution >= 4 is 34.2 Å². The Balaban J connectivity index is 1.46. The maximum Gasteiger partial charge on any atom is 0.338 e. The number of piperidine rings is 1. The number of likely N-dealkylation sites (tertiary alicyclic amines) is 1. The number of nitrogens with zero attached hydrogens (tertiary/aromatic N) is 3. The van der Waals surface area contributed by atoms with E-state index in [1.165, 1.54) is 7.11 Å². The van der Waals surface area contributed by atoms with Crippen LogP contribution in [0.1, 0.15) is 50.2 Å². The lowest BCUT2D eigenvalue weighted by molar-refractivity contribution is 0.0598. The zero-order chi connectivity index (χ0) is 29.8. The van der Waals surface area contributed by atoms with E-state index in [1.54, 1.807) is 30.3 Å². The van der Waals surface area contributed by atoms with Gasteiger partial charge in [-0.2, -0.15) is 0 Å². The third kappa shape index (κ3) is 5.93. The predicted molar refractivity (Wildman–Crippen MR) is 163 cm³/mol. The van der Waals surface area contributed by atoms with Crippen LogP contribution >= 0.6 is 0 Å². The molecule has 3 N–H and O–H groups in total. The Kier molecular flexibility index (Phi) is 8.70. The Hall–Kier alpha value is -4.47. The van der Waals surface area contributed by atoms with E-state index in [2.05, 4.69) is 9.88 Å². The van der Waals surface area contributed by atoms with E-state index in [9.17, 15) is 19.8 Å². The molecule has 0 bridgehead atoms. The van der Waals surface area contributed by atoms with Gasteiger partial charge in [-0.25, -0.2) is 9.79 Å². The molecule has 5 rings (SSSR count). The van der Waals surface area contributed by atoms with Gasteiger partial charge in [0.2, 0.25) is 0 Å². The van der Waals surface area contributed by atoms with Gasteiger partial charge in [-0.15, -0.1) is 0 Å². The number of aliphatic imine (C=N–C) groups is 1. The summed E-state index contributed by atoms with van der Waals surface area (Å²) in [5.74, 6) is -0.553. The molecule has 2 heterocycles. The first-order valence-electron chi connectivity index (χ1n) is 14.1. The lowest BCUT2D eigenvalue weighted by Gasteiger charge is -2.36. The molecule has 1 amide bonds. The van der Waals surface area contributed by atoms with Crippen molar-refractivity contribution in [3.63, 3.8) is 0 Å². The van der Waals surface area contributed by atoms with E-state index in [4.69, 9.17) is 9.73 Å². The third-order valence-electron chi connectivity index (χ3n) is 8.01. The molecule has 4 aromatic rings. The summed E-state index contributed by atoms with van der Waals surface area (Å²) in [4.78, 5) is 37.5. The van der Waals surface area contributed by atoms with Crippen LogP contribution in [0.3, 0.4) is 0 Å². The summed E-state index contributed by atoms with van der Waals surface area (Å²) in [7, 11) is 3.19. The molecule has 9 nitrogen and oxygen atoms in total. The van der Waals surface area contributed by atoms with Gasteiger partial charge in [0.1, 0.15) is 0 Å². The number of amides is 1. The number of H-pyrrole nitrogens is 1. The number of rotatable bonds is 8. The number of hydrogen-bond acceptors (Lipinski definition) is 7. The lowest BCUT2D eigenvalue weighted by Crippen LogP contribution is -2.46. The van der Waals surface area contributed by atoms with Gasteiger partial charge in [-0.3, -0.25) is 4.79 Å². The standard InChI is InChI=1S/C33H36N4O5/c1-21-19-27-28(20-26(21)33(41)42-3)35-31(39)29(27)30(22-7-5-4-6-8-22)34-24-11-9-23(10-12-24)32(40)36(2)25-13-15-37(16-14-25)17-18-38/h4-12,19-20,25,35,38-39H,13-18H2,1-3H3. The maximum atomic E-state index is 13.3. The number of aromatic hydroxyl groups is 1. The third-order valence-corrected chi connectivity index (χ3v) is 8.01. The summed E-state index contributed by atoms with van der Waals surface area (Å²) in [6.07, 6.45) is 1.75. The first-order chi connectivity index (χ1) is 20.3. The molecule has 0 unspecified atom stereocenters. The molecule has 0 spiro atoms. The Morgan fingerprint density at radius 1 is 1.05 bits per heavy atom. The van der Waals surface area contributed by atoms with Crippen LogP contribution in [0.5, 0.6) is 5.88 Å². The summed E-state index contributed by atoms with van der Waals surface area (Å²) in [6, 6.07) is 20.4. The second-order valence-corrected chi connectivity index (χ2v) is 10.6. The monoisotopic (exact) mass is 568 g/mol. The van der Waals surface area contributed by atoms with Gasteiger partial charge in [0.25, 0.3) is 5.91 Å². The number of carbonyl (C=O) groups excluding carboxylic acids is 2. The zero-order valence-corrected chi connectivity index (χ0v) is 24.1. The Bertz CT molecular complexity index is 1600. The summed E-state index contributed by atoms with van der Waals surface area (Å²) in [5, 5.41) is 21.0. The number of aryl methyl sites for hydroxylation is 1. The van der Waals surface area contributed by atoms with Crippen LogP contribution in [-0.4, -0.2) is 89.0 Å². The van der Waals surface area contributed by atoms with Crippen molar-refractivity contribution in [1.29, 1.82) is 0 Å². The SMILES string of the molecule is COC(=O)c1cc2[nH]c(O)c(C(=Nc3ccc(C(=O)N(C)C4CCN(CCO)CC4)cc3)c3ccccc3)c2cc1C. The van der Waals surface area contributed by atoms with Crippen molar-refractivity contribution < 1.29 is 24.5 Å². The number of β-amino-alcohol motifs (C(OH)–C–C–N with tert-alkyl or cyclic N) is 1. The van der Waals surface area contributed by atoms with Crippen molar-refractivity contribution in [3.8, 4) is 5.88 Å². The van der Waals surface area contributed by atoms with E-state index < -0.39 is 5.97 Å². The molecule has 1 fully saturated rings. The predicted octanol–water partition coefficient (Wildman–Crippen LogP) is 4.67. The normalized spacial score (nSPS) is 14.7. The number of methoxy groups -OCH3 is 1. The first-order valence-corrected chi connectivity index (χ1v) is 14.1. The lowest BCUT2D eigenvalue weighted by atomic mass is 9.98. The minimum Gasteiger partial charge on any atom is -0.494 e. The second-order valence-electron chi connectivity index (χ2n) is 10.6. The number of nitrogens with one attached hydrogen (secondary N) is 1. The van der Waals surface area contributed by atoms with Crippen molar-refractivity contribution in [2.24, 2.45) is 4.99 Å². The minimum absolute atomic E-state index is 0.0411. The van der Waals surface area contributed by atoms with Gasteiger partial charge in [-0.05, 0) is 61.7 Å². The number of hydrogen-bond donors (Lipinski definition) is 3. The van der Waals surface area contributed by atoms with E-state index in [0.29, 0.717) is 45.7 Å². The summed E-state index contributed by atoms with van der Waals surface area (Å²) in [5.41, 5.74) is 4.79. The first kappa shape index (κ1) is 29.0. The summed E-state index contributed by atoms with van der Waals surface area (Å²) in [6.45, 7) is 4.37. The number of esters is 1. The molecule has 9 heteroatoms. The zero-order valence-electron chi connectivity index (χ0n) is 24.1. The fraction of sp³-hybridized carbons (Fsp3) is 0.303. The van der Waals surface area contributed by atoms with Crippen molar-refractivity contribution in [1.82, 2.24) is 14.8 Å². The molecule has 3 aromatic carbocycles. The highest BCUT2D eigenvalue weighted by Crippen LogP contribution is 2.33. The molecule has 0 saturated carbocycles. The largest absolute Gasteiger partial charge is 0.494 e. The molecule has 42 heavy (non-hydrogen) atoms. The number of benzene rings is 3. The molecule has 0 aliphatic carbocycles. The average molecular weight is 569 g/mol. The van der Waals surface area contributed by atoms with Crippen LogP contribution in [0.15, 0.2) is 71.7 Å². The number of carbonyl (C=O) groups is 2. The Labute approximate surface area is 245 Å². The molecule has 1 saturated heterocycles. The van der Waals surface area contributed by atoms with Crippen LogP contribution in [-0.2, 0) is 4.74 Å². The smallest absolute Gasteiger partial charge is 0.338 e. The van der Waals surface area contributed by atoms with Crippen molar-refractivity contribution in [2.45, 2.75) is 25.8 Å². The second kappa shape index (κ2) is 12.6. The molecule has 218 valence electrons. The van der Waals surface area contributed by atoms with E-state index >= 15 is 0 Å². The molecule has 1 aromatic heterocycles. The van der Waals surface area contributed by atoms with Crippen molar-refractivity contribution in [2.75, 3.05) is 40.4 Å². The fourth-order valence-corrected chi connectivity index (χ4v) is 5.61. The molecule has 0 atom stereocenters. The van der Waals surface area contributed by atoms with Crippen LogP contribution < -0.4 is 0 Å². The number of aliphatic hydroxyl groups is 1. The minimum atomic E-state index is -0.450. The van der Waals surface area contributed by atoms with Gasteiger partial charge < -0.3 is 29.7 Å². The Morgan fingerprint density at radius 2 is 1.74 bits per heavy atom. The van der Waals surface area contributed by atoms with Gasteiger partial charge in [0.15, 0.2) is 5.88 Å².